The molecule has 1 aromatic carbocycles. The number of likely N-dealkylation sites (tertiary alicyclic amines) is 1. The number of benzene rings is 1. The molecule has 6 nitrogen and oxygen atoms in total. The Labute approximate surface area is 174 Å². The van der Waals surface area contributed by atoms with Crippen LogP contribution in [-0.2, 0) is 6.18 Å². The Bertz CT molecular complexity index is 827. The lowest BCUT2D eigenvalue weighted by atomic mass is 10.0. The molecule has 0 spiro atoms. The van der Waals surface area contributed by atoms with Crippen molar-refractivity contribution in [3.63, 3.8) is 0 Å². The van der Waals surface area contributed by atoms with E-state index in [1.54, 1.807) is 18.3 Å². The average molecular weight is 420 g/mol. The van der Waals surface area contributed by atoms with Crippen LogP contribution in [-0.4, -0.2) is 65.6 Å². The van der Waals surface area contributed by atoms with Gasteiger partial charge in [-0.15, -0.1) is 0 Å². The molecule has 2 saturated heterocycles. The zero-order valence-electron chi connectivity index (χ0n) is 16.9. The van der Waals surface area contributed by atoms with E-state index in [0.717, 1.165) is 57.1 Å². The van der Waals surface area contributed by atoms with E-state index in [-0.39, 0.29) is 6.04 Å². The number of nitrogens with two attached hydrogens (primary N) is 1. The molecule has 2 fully saturated rings. The Kier molecular flexibility index (Phi) is 6.10. The summed E-state index contributed by atoms with van der Waals surface area (Å²) in [4.78, 5) is 15.1. The van der Waals surface area contributed by atoms with Crippen molar-refractivity contribution in [2.75, 3.05) is 56.4 Å². The molecular formula is C21H27F3N6. The lowest BCUT2D eigenvalue weighted by molar-refractivity contribution is -0.137. The molecule has 2 aliphatic rings. The van der Waals surface area contributed by atoms with Crippen LogP contribution in [0.25, 0.3) is 0 Å². The SMILES string of the molecule is Nc1ncncc1N1CCN(C(CN2CCCC2)c2ccc(C(F)(F)F)cc2)CC1. The monoisotopic (exact) mass is 420 g/mol. The van der Waals surface area contributed by atoms with Gasteiger partial charge in [-0.1, -0.05) is 12.1 Å². The predicted molar refractivity (Wildman–Crippen MR) is 110 cm³/mol. The van der Waals surface area contributed by atoms with Crippen LogP contribution in [0.4, 0.5) is 24.7 Å². The van der Waals surface area contributed by atoms with E-state index in [4.69, 9.17) is 5.73 Å². The highest BCUT2D eigenvalue weighted by Crippen LogP contribution is 2.32. The summed E-state index contributed by atoms with van der Waals surface area (Å²) in [5.74, 6) is 0.467. The smallest absolute Gasteiger partial charge is 0.382 e. The van der Waals surface area contributed by atoms with Crippen LogP contribution < -0.4 is 10.6 Å². The van der Waals surface area contributed by atoms with E-state index in [1.165, 1.54) is 31.3 Å². The number of halogens is 3. The first-order valence-electron chi connectivity index (χ1n) is 10.4. The number of nitrogen functional groups attached to an aromatic ring is 1. The number of nitrogens with zero attached hydrogens (tertiary/aromatic N) is 5. The summed E-state index contributed by atoms with van der Waals surface area (Å²) in [5.41, 5.74) is 7.16. The van der Waals surface area contributed by atoms with E-state index in [9.17, 15) is 13.2 Å². The Morgan fingerprint density at radius 2 is 1.63 bits per heavy atom. The Hall–Kier alpha value is -2.39. The summed E-state index contributed by atoms with van der Waals surface area (Å²) in [6.07, 6.45) is 1.22. The van der Waals surface area contributed by atoms with Crippen LogP contribution in [0.5, 0.6) is 0 Å². The maximum absolute atomic E-state index is 13.0. The van der Waals surface area contributed by atoms with Gasteiger partial charge in [0.2, 0.25) is 0 Å². The average Bonchev–Trinajstić information content (AvgIpc) is 3.26. The molecule has 2 aliphatic heterocycles. The van der Waals surface area contributed by atoms with Crippen LogP contribution in [0.15, 0.2) is 36.8 Å². The molecule has 2 aromatic rings. The van der Waals surface area contributed by atoms with Crippen LogP contribution >= 0.6 is 0 Å². The molecule has 1 unspecified atom stereocenters. The van der Waals surface area contributed by atoms with Gasteiger partial charge in [0.1, 0.15) is 12.1 Å². The van der Waals surface area contributed by atoms with E-state index in [0.29, 0.717) is 5.82 Å². The van der Waals surface area contributed by atoms with Crippen molar-refractivity contribution in [2.24, 2.45) is 0 Å². The minimum atomic E-state index is -4.31. The summed E-state index contributed by atoms with van der Waals surface area (Å²) >= 11 is 0. The first-order chi connectivity index (χ1) is 14.4. The number of aromatic nitrogens is 2. The molecule has 0 amide bonds. The number of hydrogen-bond acceptors (Lipinski definition) is 6. The summed E-state index contributed by atoms with van der Waals surface area (Å²) in [6, 6.07) is 5.74. The maximum atomic E-state index is 13.0. The van der Waals surface area contributed by atoms with Crippen molar-refractivity contribution in [3.8, 4) is 0 Å². The highest BCUT2D eigenvalue weighted by atomic mass is 19.4. The molecule has 4 rings (SSSR count). The van der Waals surface area contributed by atoms with E-state index < -0.39 is 11.7 Å². The molecule has 0 aliphatic carbocycles. The number of anilines is 2. The fourth-order valence-corrected chi connectivity index (χ4v) is 4.39. The van der Waals surface area contributed by atoms with Crippen molar-refractivity contribution in [2.45, 2.75) is 25.1 Å². The van der Waals surface area contributed by atoms with Crippen LogP contribution in [0.3, 0.4) is 0 Å². The van der Waals surface area contributed by atoms with Crippen molar-refractivity contribution in [1.82, 2.24) is 19.8 Å². The Balaban J connectivity index is 1.49. The number of rotatable bonds is 5. The molecule has 0 radical (unpaired) electrons. The molecule has 162 valence electrons. The normalized spacial score (nSPS) is 19.9. The second-order valence-electron chi connectivity index (χ2n) is 7.96. The standard InChI is InChI=1S/C21H27F3N6/c22-21(23,24)17-5-3-16(4-6-17)19(14-28-7-1-2-8-28)30-11-9-29(10-12-30)18-13-26-15-27-20(18)25/h3-6,13,15,19H,1-2,7-12,14H2,(H2,25,26,27). The molecule has 0 saturated carbocycles. The van der Waals surface area contributed by atoms with E-state index in [2.05, 4.69) is 24.7 Å². The van der Waals surface area contributed by atoms with Crippen molar-refractivity contribution < 1.29 is 13.2 Å². The highest BCUT2D eigenvalue weighted by Gasteiger charge is 2.32. The van der Waals surface area contributed by atoms with Gasteiger partial charge in [0.05, 0.1) is 17.4 Å². The number of alkyl halides is 3. The molecule has 9 heteroatoms. The van der Waals surface area contributed by atoms with Gasteiger partial charge in [-0.2, -0.15) is 13.2 Å². The summed E-state index contributed by atoms with van der Waals surface area (Å²) < 4.78 is 39.0. The van der Waals surface area contributed by atoms with Gasteiger partial charge in [0.15, 0.2) is 0 Å². The molecule has 1 aromatic heterocycles. The molecule has 30 heavy (non-hydrogen) atoms. The van der Waals surface area contributed by atoms with Gasteiger partial charge in [-0.3, -0.25) is 4.90 Å². The van der Waals surface area contributed by atoms with Gasteiger partial charge in [-0.25, -0.2) is 9.97 Å². The quantitative estimate of drug-likeness (QED) is 0.802. The highest BCUT2D eigenvalue weighted by molar-refractivity contribution is 5.61. The van der Waals surface area contributed by atoms with Gasteiger partial charge >= 0.3 is 6.18 Å². The second-order valence-corrected chi connectivity index (χ2v) is 7.96. The van der Waals surface area contributed by atoms with Gasteiger partial charge in [0.25, 0.3) is 0 Å². The van der Waals surface area contributed by atoms with Gasteiger partial charge < -0.3 is 15.5 Å². The lowest BCUT2D eigenvalue weighted by Crippen LogP contribution is -2.50. The Morgan fingerprint density at radius 3 is 2.23 bits per heavy atom. The van der Waals surface area contributed by atoms with Crippen molar-refractivity contribution >= 4 is 11.5 Å². The first-order valence-corrected chi connectivity index (χ1v) is 10.4. The molecule has 0 bridgehead atoms. The number of piperazine rings is 1. The van der Waals surface area contributed by atoms with Gasteiger partial charge in [-0.05, 0) is 43.6 Å². The summed E-state index contributed by atoms with van der Waals surface area (Å²) in [6.45, 7) is 6.08. The van der Waals surface area contributed by atoms with Crippen molar-refractivity contribution in [1.29, 1.82) is 0 Å². The topological polar surface area (TPSA) is 61.5 Å². The second kappa shape index (κ2) is 8.77. The largest absolute Gasteiger partial charge is 0.416 e. The number of hydrogen-bond donors (Lipinski definition) is 1. The van der Waals surface area contributed by atoms with Crippen LogP contribution in [0, 0.1) is 0 Å². The molecule has 1 atom stereocenters. The minimum Gasteiger partial charge on any atom is -0.382 e. The fourth-order valence-electron chi connectivity index (χ4n) is 4.39. The van der Waals surface area contributed by atoms with E-state index >= 15 is 0 Å². The summed E-state index contributed by atoms with van der Waals surface area (Å²) in [7, 11) is 0. The predicted octanol–water partition coefficient (Wildman–Crippen LogP) is 3.04. The third-order valence-corrected chi connectivity index (χ3v) is 6.07. The molecule has 2 N–H and O–H groups in total. The van der Waals surface area contributed by atoms with Crippen LogP contribution in [0.2, 0.25) is 0 Å². The van der Waals surface area contributed by atoms with E-state index in [1.807, 2.05) is 0 Å². The zero-order chi connectivity index (χ0) is 21.1. The van der Waals surface area contributed by atoms with Crippen molar-refractivity contribution in [3.05, 3.63) is 47.9 Å². The lowest BCUT2D eigenvalue weighted by Gasteiger charge is -2.41. The third-order valence-electron chi connectivity index (χ3n) is 6.07. The van der Waals surface area contributed by atoms with Crippen LogP contribution in [0.1, 0.15) is 30.0 Å². The third kappa shape index (κ3) is 4.67. The fraction of sp³-hybridized carbons (Fsp3) is 0.524. The minimum absolute atomic E-state index is 0.0666. The molecular weight excluding hydrogens is 393 g/mol. The maximum Gasteiger partial charge on any atom is 0.416 e. The Morgan fingerprint density at radius 1 is 0.967 bits per heavy atom. The molecule has 3 heterocycles. The zero-order valence-corrected chi connectivity index (χ0v) is 16.9. The van der Waals surface area contributed by atoms with Gasteiger partial charge in [0, 0.05) is 38.8 Å². The first kappa shape index (κ1) is 20.9. The summed E-state index contributed by atoms with van der Waals surface area (Å²) in [5, 5.41) is 0.